The summed E-state index contributed by atoms with van der Waals surface area (Å²) < 4.78 is 4.47. The van der Waals surface area contributed by atoms with Gasteiger partial charge in [-0.25, -0.2) is 0 Å². The summed E-state index contributed by atoms with van der Waals surface area (Å²) in [6.07, 6.45) is 2.66. The van der Waals surface area contributed by atoms with Crippen LogP contribution >= 0.6 is 0 Å². The lowest BCUT2D eigenvalue weighted by atomic mass is 10.1. The average Bonchev–Trinajstić information content (AvgIpc) is 2.64. The van der Waals surface area contributed by atoms with E-state index in [0.717, 1.165) is 0 Å². The van der Waals surface area contributed by atoms with Crippen LogP contribution in [0.2, 0.25) is 0 Å². The van der Waals surface area contributed by atoms with E-state index < -0.39 is 0 Å². The number of aliphatic hydroxyl groups is 1. The minimum absolute atomic E-state index is 0.0267. The molecule has 0 radical (unpaired) electrons. The Labute approximate surface area is 101 Å². The highest BCUT2D eigenvalue weighted by Crippen LogP contribution is 2.23. The molecule has 0 aliphatic heterocycles. The Hall–Kier alpha value is -1.76. The highest BCUT2D eigenvalue weighted by molar-refractivity contribution is 5.98. The van der Waals surface area contributed by atoms with Crippen LogP contribution in [0.5, 0.6) is 0 Å². The van der Waals surface area contributed by atoms with Crippen molar-refractivity contribution in [1.29, 1.82) is 0 Å². The zero-order valence-electron chi connectivity index (χ0n) is 9.91. The molecule has 92 valence electrons. The Morgan fingerprint density at radius 2 is 2.06 bits per heavy atom. The van der Waals surface area contributed by atoms with E-state index in [1.807, 2.05) is 0 Å². The van der Waals surface area contributed by atoms with Crippen LogP contribution in [-0.4, -0.2) is 24.0 Å². The van der Waals surface area contributed by atoms with Crippen LogP contribution in [0, 0.1) is 11.8 Å². The van der Waals surface area contributed by atoms with Gasteiger partial charge in [0.05, 0.1) is 19.3 Å². The molecule has 0 atom stereocenters. The second-order valence-corrected chi connectivity index (χ2v) is 3.78. The van der Waals surface area contributed by atoms with Crippen LogP contribution in [-0.2, 0) is 14.3 Å². The molecule has 1 aliphatic rings. The Morgan fingerprint density at radius 1 is 1.35 bits per heavy atom. The number of esters is 1. The molecule has 0 heterocycles. The van der Waals surface area contributed by atoms with Crippen molar-refractivity contribution in [2.75, 3.05) is 7.11 Å². The normalized spacial score (nSPS) is 14.5. The summed E-state index contributed by atoms with van der Waals surface area (Å²) in [6, 6.07) is 0. The number of ketones is 1. The summed E-state index contributed by atoms with van der Waals surface area (Å²) in [5, 5.41) is 9.42. The molecule has 0 amide bonds. The summed E-state index contributed by atoms with van der Waals surface area (Å²) in [5.74, 6) is 5.68. The second kappa shape index (κ2) is 6.74. The predicted molar refractivity (Wildman–Crippen MR) is 62.2 cm³/mol. The van der Waals surface area contributed by atoms with Crippen LogP contribution in [0.25, 0.3) is 0 Å². The largest absolute Gasteiger partial charge is 0.512 e. The first-order valence-corrected chi connectivity index (χ1v) is 5.62. The van der Waals surface area contributed by atoms with Crippen molar-refractivity contribution in [3.05, 3.63) is 11.3 Å². The van der Waals surface area contributed by atoms with Gasteiger partial charge < -0.3 is 9.84 Å². The van der Waals surface area contributed by atoms with Gasteiger partial charge >= 0.3 is 5.97 Å². The molecule has 0 aromatic rings. The molecule has 4 heteroatoms. The first-order valence-electron chi connectivity index (χ1n) is 5.62. The predicted octanol–water partition coefficient (Wildman–Crippen LogP) is 1.90. The van der Waals surface area contributed by atoms with Gasteiger partial charge in [0.1, 0.15) is 0 Å². The van der Waals surface area contributed by atoms with E-state index in [0.29, 0.717) is 37.7 Å². The van der Waals surface area contributed by atoms with Crippen molar-refractivity contribution in [1.82, 2.24) is 0 Å². The maximum atomic E-state index is 11.3. The number of hydrogen-bond donors (Lipinski definition) is 1. The number of carbonyl (C=O) groups is 2. The molecule has 17 heavy (non-hydrogen) atoms. The summed E-state index contributed by atoms with van der Waals surface area (Å²) in [6.45, 7) is 0. The number of methoxy groups -OCH3 is 1. The third kappa shape index (κ3) is 4.31. The number of allylic oxidation sites excluding steroid dienone is 2. The number of aliphatic hydroxyl groups excluding tert-OH is 1. The molecule has 0 bridgehead atoms. The highest BCUT2D eigenvalue weighted by atomic mass is 16.5. The van der Waals surface area contributed by atoms with Gasteiger partial charge in [0.15, 0.2) is 5.78 Å². The average molecular weight is 236 g/mol. The van der Waals surface area contributed by atoms with Gasteiger partial charge in [0.25, 0.3) is 0 Å². The Balaban J connectivity index is 2.24. The lowest BCUT2D eigenvalue weighted by Gasteiger charge is -1.96. The molecular formula is C13H16O4. The number of ether oxygens (including phenoxy) is 1. The molecule has 1 rings (SSSR count). The smallest absolute Gasteiger partial charge is 0.306 e. The van der Waals surface area contributed by atoms with Crippen molar-refractivity contribution >= 4 is 11.8 Å². The van der Waals surface area contributed by atoms with Gasteiger partial charge in [-0.1, -0.05) is 0 Å². The van der Waals surface area contributed by atoms with E-state index in [4.69, 9.17) is 0 Å². The Bertz CT molecular complexity index is 395. The molecule has 4 nitrogen and oxygen atoms in total. The van der Waals surface area contributed by atoms with Gasteiger partial charge in [0.2, 0.25) is 0 Å². The maximum Gasteiger partial charge on any atom is 0.306 e. The fourth-order valence-corrected chi connectivity index (χ4v) is 1.61. The number of Topliss-reactive ketones (excluding diaryl/α,β-unsaturated/α-hetero) is 1. The maximum absolute atomic E-state index is 11.3. The molecule has 1 N–H and O–H groups in total. The van der Waals surface area contributed by atoms with Crippen molar-refractivity contribution in [2.24, 2.45) is 0 Å². The van der Waals surface area contributed by atoms with E-state index in [1.165, 1.54) is 7.11 Å². The van der Waals surface area contributed by atoms with E-state index in [2.05, 4.69) is 16.6 Å². The molecule has 1 aliphatic carbocycles. The molecule has 0 aromatic carbocycles. The SMILES string of the molecule is COC(=O)CCC#CCCC1=C(O)CCC1=O. The summed E-state index contributed by atoms with van der Waals surface area (Å²) in [7, 11) is 1.34. The Morgan fingerprint density at radius 3 is 2.65 bits per heavy atom. The zero-order chi connectivity index (χ0) is 12.7. The third-order valence-electron chi connectivity index (χ3n) is 2.58. The molecule has 0 fully saturated rings. The van der Waals surface area contributed by atoms with Crippen molar-refractivity contribution in [3.8, 4) is 11.8 Å². The summed E-state index contributed by atoms with van der Waals surface area (Å²) in [4.78, 5) is 22.1. The van der Waals surface area contributed by atoms with Gasteiger partial charge in [-0.2, -0.15) is 0 Å². The summed E-state index contributed by atoms with van der Waals surface area (Å²) >= 11 is 0. The van der Waals surface area contributed by atoms with Crippen LogP contribution in [0.1, 0.15) is 38.5 Å². The first-order chi connectivity index (χ1) is 8.15. The van der Waals surface area contributed by atoms with Crippen molar-refractivity contribution in [3.63, 3.8) is 0 Å². The van der Waals surface area contributed by atoms with Crippen molar-refractivity contribution in [2.45, 2.75) is 38.5 Å². The molecule has 0 unspecified atom stereocenters. The van der Waals surface area contributed by atoms with Crippen molar-refractivity contribution < 1.29 is 19.4 Å². The van der Waals surface area contributed by atoms with E-state index in [1.54, 1.807) is 0 Å². The molecule has 0 saturated heterocycles. The Kier molecular flexibility index (Phi) is 5.28. The number of rotatable bonds is 4. The summed E-state index contributed by atoms with van der Waals surface area (Å²) in [5.41, 5.74) is 0.521. The number of carbonyl (C=O) groups excluding carboxylic acids is 2. The molecular weight excluding hydrogens is 220 g/mol. The zero-order valence-corrected chi connectivity index (χ0v) is 9.91. The number of hydrogen-bond acceptors (Lipinski definition) is 4. The van der Waals surface area contributed by atoms with E-state index >= 15 is 0 Å². The fourth-order valence-electron chi connectivity index (χ4n) is 1.61. The van der Waals surface area contributed by atoms with Crippen LogP contribution in [0.3, 0.4) is 0 Å². The van der Waals surface area contributed by atoms with Crippen LogP contribution < -0.4 is 0 Å². The second-order valence-electron chi connectivity index (χ2n) is 3.78. The van der Waals surface area contributed by atoms with Gasteiger partial charge in [-0.3, -0.25) is 9.59 Å². The highest BCUT2D eigenvalue weighted by Gasteiger charge is 2.21. The van der Waals surface area contributed by atoms with E-state index in [-0.39, 0.29) is 23.9 Å². The fraction of sp³-hybridized carbons (Fsp3) is 0.538. The van der Waals surface area contributed by atoms with E-state index in [9.17, 15) is 14.7 Å². The van der Waals surface area contributed by atoms with Gasteiger partial charge in [-0.15, -0.1) is 11.8 Å². The quantitative estimate of drug-likeness (QED) is 0.598. The standard InChI is InChI=1S/C13H16O4/c1-17-13(16)7-5-3-2-4-6-10-11(14)8-9-12(10)15/h14H,4-9H2,1H3. The lowest BCUT2D eigenvalue weighted by Crippen LogP contribution is -1.98. The van der Waals surface area contributed by atoms with Crippen LogP contribution in [0.4, 0.5) is 0 Å². The molecule has 0 saturated carbocycles. The minimum atomic E-state index is -0.273. The van der Waals surface area contributed by atoms with Gasteiger partial charge in [0, 0.05) is 31.3 Å². The lowest BCUT2D eigenvalue weighted by molar-refractivity contribution is -0.140. The molecule has 0 aromatic heterocycles. The molecule has 0 spiro atoms. The monoisotopic (exact) mass is 236 g/mol. The first kappa shape index (κ1) is 13.3. The third-order valence-corrected chi connectivity index (χ3v) is 2.58. The minimum Gasteiger partial charge on any atom is -0.512 e. The topological polar surface area (TPSA) is 63.6 Å². The van der Waals surface area contributed by atoms with Gasteiger partial charge in [-0.05, 0) is 6.42 Å². The van der Waals surface area contributed by atoms with Crippen LogP contribution in [0.15, 0.2) is 11.3 Å².